The van der Waals surface area contributed by atoms with Crippen LogP contribution in [-0.4, -0.2) is 10.9 Å². The summed E-state index contributed by atoms with van der Waals surface area (Å²) >= 11 is 0. The molecular formula is C22H20N2O2. The molecule has 2 aromatic heterocycles. The van der Waals surface area contributed by atoms with E-state index in [2.05, 4.69) is 10.3 Å². The smallest absolute Gasteiger partial charge is 0.225 e. The SMILES string of the molecule is Cc1[nH]c2ccccc2c1CC(=O)NC(c1ccccc1)c1ccco1. The predicted molar refractivity (Wildman–Crippen MR) is 102 cm³/mol. The monoisotopic (exact) mass is 344 g/mol. The van der Waals surface area contributed by atoms with Crippen LogP contribution in [0.3, 0.4) is 0 Å². The molecule has 26 heavy (non-hydrogen) atoms. The zero-order chi connectivity index (χ0) is 17.9. The van der Waals surface area contributed by atoms with Crippen molar-refractivity contribution in [2.24, 2.45) is 0 Å². The van der Waals surface area contributed by atoms with Gasteiger partial charge in [0.2, 0.25) is 5.91 Å². The van der Waals surface area contributed by atoms with Gasteiger partial charge in [-0.15, -0.1) is 0 Å². The first-order valence-corrected chi connectivity index (χ1v) is 8.66. The molecule has 0 fully saturated rings. The van der Waals surface area contributed by atoms with E-state index in [0.717, 1.165) is 33.5 Å². The number of aromatic nitrogens is 1. The van der Waals surface area contributed by atoms with Gasteiger partial charge in [0.05, 0.1) is 12.7 Å². The lowest BCUT2D eigenvalue weighted by molar-refractivity contribution is -0.121. The van der Waals surface area contributed by atoms with Crippen molar-refractivity contribution >= 4 is 16.8 Å². The van der Waals surface area contributed by atoms with Gasteiger partial charge in [0.15, 0.2) is 0 Å². The number of carbonyl (C=O) groups excluding carboxylic acids is 1. The summed E-state index contributed by atoms with van der Waals surface area (Å²) in [7, 11) is 0. The van der Waals surface area contributed by atoms with Crippen LogP contribution in [0.4, 0.5) is 0 Å². The summed E-state index contributed by atoms with van der Waals surface area (Å²) in [6, 6.07) is 21.3. The molecule has 4 aromatic rings. The summed E-state index contributed by atoms with van der Waals surface area (Å²) in [5, 5.41) is 4.21. The Morgan fingerprint density at radius 2 is 1.81 bits per heavy atom. The van der Waals surface area contributed by atoms with Crippen molar-refractivity contribution in [2.75, 3.05) is 0 Å². The third-order valence-corrected chi connectivity index (χ3v) is 4.63. The Kier molecular flexibility index (Phi) is 4.32. The zero-order valence-electron chi connectivity index (χ0n) is 14.5. The highest BCUT2D eigenvalue weighted by atomic mass is 16.3. The van der Waals surface area contributed by atoms with Gasteiger partial charge in [-0.05, 0) is 36.2 Å². The summed E-state index contributed by atoms with van der Waals surface area (Å²) in [6.45, 7) is 2.00. The van der Waals surface area contributed by atoms with Crippen LogP contribution in [-0.2, 0) is 11.2 Å². The molecule has 0 spiro atoms. The molecule has 1 unspecified atom stereocenters. The minimum Gasteiger partial charge on any atom is -0.467 e. The van der Waals surface area contributed by atoms with Gasteiger partial charge in [0.1, 0.15) is 11.8 Å². The average molecular weight is 344 g/mol. The Bertz CT molecular complexity index is 1020. The number of carbonyl (C=O) groups is 1. The molecule has 0 aliphatic heterocycles. The Balaban J connectivity index is 1.60. The van der Waals surface area contributed by atoms with Crippen LogP contribution < -0.4 is 5.32 Å². The summed E-state index contributed by atoms with van der Waals surface area (Å²) in [5.41, 5.74) is 4.10. The van der Waals surface area contributed by atoms with Crippen LogP contribution in [0.25, 0.3) is 10.9 Å². The lowest BCUT2D eigenvalue weighted by Gasteiger charge is -2.17. The van der Waals surface area contributed by atoms with Crippen LogP contribution in [0.5, 0.6) is 0 Å². The molecule has 4 heteroatoms. The Morgan fingerprint density at radius 1 is 1.04 bits per heavy atom. The molecule has 4 rings (SSSR count). The normalized spacial score (nSPS) is 12.2. The minimum absolute atomic E-state index is 0.0388. The maximum absolute atomic E-state index is 12.8. The molecule has 1 amide bonds. The summed E-state index contributed by atoms with van der Waals surface area (Å²) < 4.78 is 5.56. The Morgan fingerprint density at radius 3 is 2.58 bits per heavy atom. The topological polar surface area (TPSA) is 58.0 Å². The van der Waals surface area contributed by atoms with Gasteiger partial charge >= 0.3 is 0 Å². The minimum atomic E-state index is -0.302. The van der Waals surface area contributed by atoms with Crippen LogP contribution in [0, 0.1) is 6.92 Å². The second-order valence-corrected chi connectivity index (χ2v) is 6.38. The van der Waals surface area contributed by atoms with E-state index in [1.165, 1.54) is 0 Å². The highest BCUT2D eigenvalue weighted by Gasteiger charge is 2.20. The molecule has 4 nitrogen and oxygen atoms in total. The molecule has 0 aliphatic rings. The number of hydrogen-bond donors (Lipinski definition) is 2. The fraction of sp³-hybridized carbons (Fsp3) is 0.136. The standard InChI is InChI=1S/C22H20N2O2/c1-15-18(17-10-5-6-11-19(17)23-15)14-21(25)24-22(20-12-7-13-26-20)16-8-3-2-4-9-16/h2-13,22-23H,14H2,1H3,(H,24,25). The highest BCUT2D eigenvalue weighted by Crippen LogP contribution is 2.25. The molecule has 2 heterocycles. The molecule has 0 bridgehead atoms. The number of aromatic amines is 1. The van der Waals surface area contributed by atoms with Crippen LogP contribution >= 0.6 is 0 Å². The molecular weight excluding hydrogens is 324 g/mol. The van der Waals surface area contributed by atoms with E-state index in [9.17, 15) is 4.79 Å². The Labute approximate surface area is 151 Å². The van der Waals surface area contributed by atoms with Crippen molar-refractivity contribution in [3.8, 4) is 0 Å². The molecule has 0 aliphatic carbocycles. The van der Waals surface area contributed by atoms with Crippen molar-refractivity contribution in [3.63, 3.8) is 0 Å². The van der Waals surface area contributed by atoms with Gasteiger partial charge in [-0.1, -0.05) is 48.5 Å². The van der Waals surface area contributed by atoms with E-state index in [-0.39, 0.29) is 11.9 Å². The summed E-state index contributed by atoms with van der Waals surface area (Å²) in [6.07, 6.45) is 1.95. The van der Waals surface area contributed by atoms with Crippen LogP contribution in [0.15, 0.2) is 77.4 Å². The van der Waals surface area contributed by atoms with Crippen molar-refractivity contribution < 1.29 is 9.21 Å². The lowest BCUT2D eigenvalue weighted by atomic mass is 10.0. The van der Waals surface area contributed by atoms with Gasteiger partial charge in [0, 0.05) is 16.6 Å². The first kappa shape index (κ1) is 16.2. The molecule has 0 saturated heterocycles. The third-order valence-electron chi connectivity index (χ3n) is 4.63. The van der Waals surface area contributed by atoms with Crippen molar-refractivity contribution in [2.45, 2.75) is 19.4 Å². The van der Waals surface area contributed by atoms with Crippen molar-refractivity contribution in [3.05, 3.63) is 95.6 Å². The fourth-order valence-electron chi connectivity index (χ4n) is 3.35. The summed E-state index contributed by atoms with van der Waals surface area (Å²) in [5.74, 6) is 0.684. The number of hydrogen-bond acceptors (Lipinski definition) is 2. The van der Waals surface area contributed by atoms with Crippen molar-refractivity contribution in [1.29, 1.82) is 0 Å². The van der Waals surface area contributed by atoms with E-state index < -0.39 is 0 Å². The first-order valence-electron chi connectivity index (χ1n) is 8.66. The molecule has 0 radical (unpaired) electrons. The molecule has 1 atom stereocenters. The first-order chi connectivity index (χ1) is 12.7. The molecule has 0 saturated carbocycles. The lowest BCUT2D eigenvalue weighted by Crippen LogP contribution is -2.30. The van der Waals surface area contributed by atoms with Crippen LogP contribution in [0.2, 0.25) is 0 Å². The van der Waals surface area contributed by atoms with Gasteiger partial charge in [-0.2, -0.15) is 0 Å². The number of para-hydroxylation sites is 1. The maximum Gasteiger partial charge on any atom is 0.225 e. The van der Waals surface area contributed by atoms with E-state index in [0.29, 0.717) is 6.42 Å². The zero-order valence-corrected chi connectivity index (χ0v) is 14.5. The van der Waals surface area contributed by atoms with E-state index >= 15 is 0 Å². The van der Waals surface area contributed by atoms with Gasteiger partial charge < -0.3 is 14.7 Å². The molecule has 2 aromatic carbocycles. The van der Waals surface area contributed by atoms with Gasteiger partial charge in [0.25, 0.3) is 0 Å². The number of furan rings is 1. The number of aryl methyl sites for hydroxylation is 1. The van der Waals surface area contributed by atoms with Gasteiger partial charge in [-0.25, -0.2) is 0 Å². The number of benzene rings is 2. The maximum atomic E-state index is 12.8. The third kappa shape index (κ3) is 3.14. The highest BCUT2D eigenvalue weighted by molar-refractivity contribution is 5.90. The number of fused-ring (bicyclic) bond motifs is 1. The van der Waals surface area contributed by atoms with E-state index in [1.54, 1.807) is 6.26 Å². The fourth-order valence-corrected chi connectivity index (χ4v) is 3.35. The number of nitrogens with one attached hydrogen (secondary N) is 2. The van der Waals surface area contributed by atoms with E-state index in [1.807, 2.05) is 73.7 Å². The van der Waals surface area contributed by atoms with Crippen molar-refractivity contribution in [1.82, 2.24) is 10.3 Å². The molecule has 2 N–H and O–H groups in total. The van der Waals surface area contributed by atoms with E-state index in [4.69, 9.17) is 4.42 Å². The van der Waals surface area contributed by atoms with Crippen LogP contribution in [0.1, 0.15) is 28.6 Å². The number of H-pyrrole nitrogens is 1. The number of rotatable bonds is 5. The quantitative estimate of drug-likeness (QED) is 0.559. The second-order valence-electron chi connectivity index (χ2n) is 6.38. The summed E-state index contributed by atoms with van der Waals surface area (Å²) in [4.78, 5) is 16.2. The number of amides is 1. The Hall–Kier alpha value is -3.27. The molecule has 130 valence electrons. The largest absolute Gasteiger partial charge is 0.467 e. The second kappa shape index (κ2) is 6.92. The predicted octanol–water partition coefficient (Wildman–Crippen LogP) is 4.52. The van der Waals surface area contributed by atoms with Gasteiger partial charge in [-0.3, -0.25) is 4.79 Å². The average Bonchev–Trinajstić information content (AvgIpc) is 3.29.